The molecule has 30 heavy (non-hydrogen) atoms. The number of amides is 2. The maximum absolute atomic E-state index is 13.6. The number of nitrogens with zero attached hydrogens (tertiary/aromatic N) is 2. The molecule has 1 fully saturated rings. The molecule has 2 N–H and O–H groups in total. The number of carboxylic acids is 1. The van der Waals surface area contributed by atoms with E-state index in [0.29, 0.717) is 13.1 Å². The molecule has 3 rings (SSSR count). The number of aliphatic hydroxyl groups excluding tert-OH is 1. The Bertz CT molecular complexity index is 911. The van der Waals surface area contributed by atoms with E-state index in [1.807, 2.05) is 13.8 Å². The molecule has 162 valence electrons. The van der Waals surface area contributed by atoms with Crippen LogP contribution < -0.4 is 0 Å². The predicted octanol–water partition coefficient (Wildman–Crippen LogP) is 1.43. The summed E-state index contributed by atoms with van der Waals surface area (Å²) in [5.74, 6) is -3.40. The summed E-state index contributed by atoms with van der Waals surface area (Å²) < 4.78 is 13.6. The minimum absolute atomic E-state index is 0.101. The van der Waals surface area contributed by atoms with Crippen molar-refractivity contribution >= 4 is 29.0 Å². The first-order chi connectivity index (χ1) is 14.2. The molecule has 2 amide bonds. The summed E-state index contributed by atoms with van der Waals surface area (Å²) in [5.41, 5.74) is -0.0607. The monoisotopic (exact) mass is 434 g/mol. The highest BCUT2D eigenvalue weighted by Gasteiger charge is 2.63. The van der Waals surface area contributed by atoms with Crippen LogP contribution in [-0.2, 0) is 20.8 Å². The third-order valence-electron chi connectivity index (χ3n) is 5.88. The van der Waals surface area contributed by atoms with Crippen LogP contribution in [0.3, 0.4) is 0 Å². The van der Waals surface area contributed by atoms with Crippen LogP contribution in [0, 0.1) is 11.8 Å². The molecule has 8 nitrogen and oxygen atoms in total. The van der Waals surface area contributed by atoms with Gasteiger partial charge in [0.15, 0.2) is 15.5 Å². The first kappa shape index (κ1) is 22.3. The van der Waals surface area contributed by atoms with Gasteiger partial charge in [-0.2, -0.15) is 0 Å². The molecule has 9 heteroatoms. The van der Waals surface area contributed by atoms with Gasteiger partial charge in [0.2, 0.25) is 5.91 Å². The fraction of sp³-hybridized carbons (Fsp3) is 0.476. The minimum Gasteiger partial charge on any atom is -0.607 e. The van der Waals surface area contributed by atoms with Crippen LogP contribution in [0.25, 0.3) is 0 Å². The molecule has 2 aliphatic rings. The number of carboxylic acid groups (broad SMARTS) is 1. The molecule has 0 aromatic heterocycles. The first-order valence-corrected chi connectivity index (χ1v) is 11.1. The second kappa shape index (κ2) is 8.41. The molecule has 5 atom stereocenters. The van der Waals surface area contributed by atoms with E-state index in [0.717, 1.165) is 4.90 Å². The molecule has 1 saturated heterocycles. The lowest BCUT2D eigenvalue weighted by atomic mass is 9.79. The van der Waals surface area contributed by atoms with Crippen molar-refractivity contribution < 1.29 is 29.1 Å². The van der Waals surface area contributed by atoms with E-state index in [2.05, 4.69) is 0 Å². The normalized spacial score (nSPS) is 24.9. The number of rotatable bonds is 7. The Hall–Kier alpha value is -2.36. The zero-order chi connectivity index (χ0) is 22.3. The highest BCUT2D eigenvalue weighted by atomic mass is 32.2. The van der Waals surface area contributed by atoms with Crippen LogP contribution in [-0.4, -0.2) is 67.6 Å². The minimum atomic E-state index is -1.96. The standard InChI is InChI=1S/C21H26N2O6S/c1-5-22(6-2)19(25)13-9-7-8-10-14(13)30(29)18-11(3)16-15(12(4)24)20(26)23(16)17(18)21(27)28/h7-12,15-16,24H,5-6H2,1-4H3,(H,27,28)/t11-,12?,15-,16+,30?/m1/s1. The highest BCUT2D eigenvalue weighted by Crippen LogP contribution is 2.50. The fourth-order valence-corrected chi connectivity index (χ4v) is 6.01. The lowest BCUT2D eigenvalue weighted by Crippen LogP contribution is -2.63. The third kappa shape index (κ3) is 3.30. The highest BCUT2D eigenvalue weighted by molar-refractivity contribution is 7.95. The van der Waals surface area contributed by atoms with Gasteiger partial charge in [0.1, 0.15) is 0 Å². The van der Waals surface area contributed by atoms with Gasteiger partial charge >= 0.3 is 5.97 Å². The van der Waals surface area contributed by atoms with E-state index in [1.54, 1.807) is 36.1 Å². The molecule has 1 aromatic carbocycles. The molecule has 2 unspecified atom stereocenters. The number of aliphatic hydroxyl groups is 1. The van der Waals surface area contributed by atoms with E-state index in [9.17, 15) is 29.1 Å². The van der Waals surface area contributed by atoms with Crippen molar-refractivity contribution in [1.29, 1.82) is 0 Å². The van der Waals surface area contributed by atoms with Gasteiger partial charge in [0, 0.05) is 24.3 Å². The van der Waals surface area contributed by atoms with E-state index in [-0.39, 0.29) is 27.0 Å². The molecule has 0 bridgehead atoms. The van der Waals surface area contributed by atoms with Crippen LogP contribution in [0.1, 0.15) is 38.1 Å². The number of carbonyl (C=O) groups excluding carboxylic acids is 2. The van der Waals surface area contributed by atoms with Crippen LogP contribution >= 0.6 is 0 Å². The first-order valence-electron chi connectivity index (χ1n) is 9.95. The molecule has 0 aliphatic carbocycles. The quantitative estimate of drug-likeness (QED) is 0.495. The van der Waals surface area contributed by atoms with Crippen LogP contribution in [0.4, 0.5) is 0 Å². The molecule has 1 aromatic rings. The van der Waals surface area contributed by atoms with Crippen LogP contribution in [0.2, 0.25) is 0 Å². The summed E-state index contributed by atoms with van der Waals surface area (Å²) in [6.45, 7) is 7.85. The summed E-state index contributed by atoms with van der Waals surface area (Å²) in [6.07, 6.45) is -0.944. The zero-order valence-corrected chi connectivity index (χ0v) is 18.2. The predicted molar refractivity (Wildman–Crippen MR) is 110 cm³/mol. The topological polar surface area (TPSA) is 121 Å². The number of carbonyl (C=O) groups is 3. The summed E-state index contributed by atoms with van der Waals surface area (Å²) in [7, 11) is 0. The van der Waals surface area contributed by atoms with E-state index in [1.165, 1.54) is 6.92 Å². The Morgan fingerprint density at radius 3 is 2.40 bits per heavy atom. The van der Waals surface area contributed by atoms with E-state index < -0.39 is 47.0 Å². The average Bonchev–Trinajstić information content (AvgIpc) is 2.96. The largest absolute Gasteiger partial charge is 0.607 e. The number of β-lactam (4-membered cyclic amide) rings is 1. The molecule has 2 heterocycles. The zero-order valence-electron chi connectivity index (χ0n) is 17.4. The summed E-state index contributed by atoms with van der Waals surface area (Å²) in [4.78, 5) is 40.5. The van der Waals surface area contributed by atoms with Gasteiger partial charge in [-0.1, -0.05) is 19.1 Å². The number of fused-ring (bicyclic) bond motifs is 1. The maximum Gasteiger partial charge on any atom is 0.357 e. The van der Waals surface area contributed by atoms with E-state index >= 15 is 0 Å². The second-order valence-corrected chi connectivity index (χ2v) is 8.93. The van der Waals surface area contributed by atoms with Crippen molar-refractivity contribution in [3.8, 4) is 0 Å². The van der Waals surface area contributed by atoms with Crippen molar-refractivity contribution in [1.82, 2.24) is 9.80 Å². The van der Waals surface area contributed by atoms with Gasteiger partial charge in [-0.3, -0.25) is 14.5 Å². The Morgan fingerprint density at radius 1 is 1.27 bits per heavy atom. The Kier molecular flexibility index (Phi) is 6.26. The number of benzene rings is 1. The second-order valence-electron chi connectivity index (χ2n) is 7.51. The van der Waals surface area contributed by atoms with Gasteiger partial charge in [-0.25, -0.2) is 4.79 Å². The van der Waals surface area contributed by atoms with Crippen LogP contribution in [0.5, 0.6) is 0 Å². The van der Waals surface area contributed by atoms with Crippen molar-refractivity contribution in [3.63, 3.8) is 0 Å². The fourth-order valence-electron chi connectivity index (χ4n) is 4.38. The Labute approximate surface area is 178 Å². The van der Waals surface area contributed by atoms with Gasteiger partial charge in [-0.15, -0.1) is 0 Å². The Morgan fingerprint density at radius 2 is 1.87 bits per heavy atom. The number of hydrogen-bond donors (Lipinski definition) is 2. The molecular formula is C21H26N2O6S. The molecule has 2 aliphatic heterocycles. The van der Waals surface area contributed by atoms with Gasteiger partial charge in [-0.05, 0) is 32.9 Å². The van der Waals surface area contributed by atoms with Crippen LogP contribution in [0.15, 0.2) is 39.8 Å². The summed E-state index contributed by atoms with van der Waals surface area (Å²) in [5, 5.41) is 19.7. The van der Waals surface area contributed by atoms with E-state index in [4.69, 9.17) is 0 Å². The molecule has 0 spiro atoms. The summed E-state index contributed by atoms with van der Waals surface area (Å²) >= 11 is -1.96. The van der Waals surface area contributed by atoms with Crippen molar-refractivity contribution in [3.05, 3.63) is 40.4 Å². The van der Waals surface area contributed by atoms with Crippen molar-refractivity contribution in [2.75, 3.05) is 13.1 Å². The lowest BCUT2D eigenvalue weighted by molar-refractivity contribution is -0.163. The molecule has 0 radical (unpaired) electrons. The number of hydrogen-bond acceptors (Lipinski definition) is 5. The third-order valence-corrected chi connectivity index (χ3v) is 7.60. The Balaban J connectivity index is 2.08. The smallest absolute Gasteiger partial charge is 0.357 e. The van der Waals surface area contributed by atoms with Crippen molar-refractivity contribution in [2.45, 2.75) is 44.7 Å². The number of aliphatic carboxylic acids is 1. The maximum atomic E-state index is 13.6. The van der Waals surface area contributed by atoms with Gasteiger partial charge in [0.25, 0.3) is 5.91 Å². The van der Waals surface area contributed by atoms with Crippen molar-refractivity contribution in [2.24, 2.45) is 11.8 Å². The van der Waals surface area contributed by atoms with Gasteiger partial charge in [0.05, 0.1) is 29.5 Å². The SMILES string of the molecule is CCN(CC)C(=O)c1ccccc1[S+]([O-])C1=C(C(=O)O)N2C(=O)[C@H](C(C)O)[C@@H]2[C@H]1C. The average molecular weight is 435 g/mol. The summed E-state index contributed by atoms with van der Waals surface area (Å²) in [6, 6.07) is 5.88. The molecule has 0 saturated carbocycles. The molecular weight excluding hydrogens is 408 g/mol. The van der Waals surface area contributed by atoms with Gasteiger partial charge < -0.3 is 19.7 Å². The lowest BCUT2D eigenvalue weighted by Gasteiger charge is -2.45.